The smallest absolute Gasteiger partial charge is 0.251 e. The number of aromatic nitrogens is 2. The highest BCUT2D eigenvalue weighted by Crippen LogP contribution is 2.27. The number of hydrogen-bond donors (Lipinski definition) is 1. The van der Waals surface area contributed by atoms with E-state index >= 15 is 0 Å². The van der Waals surface area contributed by atoms with Crippen LogP contribution < -0.4 is 19.9 Å². The quantitative estimate of drug-likeness (QED) is 0.135. The lowest BCUT2D eigenvalue weighted by molar-refractivity contribution is 0.0937. The lowest BCUT2D eigenvalue weighted by Crippen LogP contribution is -2.46. The molecule has 1 aromatic heterocycles. The van der Waals surface area contributed by atoms with Crippen molar-refractivity contribution in [3.8, 4) is 5.75 Å². The van der Waals surface area contributed by atoms with Gasteiger partial charge in [-0.2, -0.15) is 0 Å². The van der Waals surface area contributed by atoms with Crippen LogP contribution in [0.3, 0.4) is 0 Å². The zero-order chi connectivity index (χ0) is 29.9. The lowest BCUT2D eigenvalue weighted by Gasteiger charge is -2.36. The van der Waals surface area contributed by atoms with Crippen LogP contribution in [0.2, 0.25) is 5.15 Å². The third kappa shape index (κ3) is 9.24. The summed E-state index contributed by atoms with van der Waals surface area (Å²) in [7, 11) is 1.68. The van der Waals surface area contributed by atoms with E-state index in [4.69, 9.17) is 21.3 Å². The van der Waals surface area contributed by atoms with E-state index in [9.17, 15) is 4.79 Å². The van der Waals surface area contributed by atoms with Gasteiger partial charge in [-0.25, -0.2) is 9.97 Å². The molecular weight excluding hydrogens is 568 g/mol. The molecule has 1 saturated heterocycles. The number of benzene rings is 2. The Labute approximate surface area is 259 Å². The summed E-state index contributed by atoms with van der Waals surface area (Å²) in [4.78, 5) is 29.2. The summed E-state index contributed by atoms with van der Waals surface area (Å²) in [6, 6.07) is 17.9. The Morgan fingerprint density at radius 1 is 1.05 bits per heavy atom. The molecule has 1 N–H and O–H groups in total. The van der Waals surface area contributed by atoms with E-state index in [1.165, 1.54) is 17.4 Å². The molecule has 226 valence electrons. The van der Waals surface area contributed by atoms with Crippen LogP contribution in [-0.2, 0) is 5.75 Å². The first kappa shape index (κ1) is 31.9. The second-order valence-corrected chi connectivity index (χ2v) is 11.9. The first-order chi connectivity index (χ1) is 20.4. The van der Waals surface area contributed by atoms with E-state index in [-0.39, 0.29) is 11.9 Å². The number of hydrogen-bond acceptors (Lipinski definition) is 8. The molecule has 3 aromatic rings. The van der Waals surface area contributed by atoms with Gasteiger partial charge >= 0.3 is 0 Å². The standard InChI is InChI=1S/C32H43ClN6O2S/c1-5-37(6-2)16-8-9-24(3)34-31(40)26-11-7-10-25(21-26)23-42-32-35-29(33)22-30(36-32)39-19-17-38(18-20-39)27-12-14-28(41-4)15-13-27/h7,10-15,21-22,24H,5-6,8-9,16-20,23H2,1-4H3,(H,34,40). The molecule has 4 rings (SSSR count). The summed E-state index contributed by atoms with van der Waals surface area (Å²) in [6.45, 7) is 13.1. The maximum absolute atomic E-state index is 12.9. The maximum Gasteiger partial charge on any atom is 0.251 e. The third-order valence-corrected chi connectivity index (χ3v) is 8.75. The van der Waals surface area contributed by atoms with Crippen molar-refractivity contribution in [2.45, 2.75) is 50.6 Å². The predicted molar refractivity (Wildman–Crippen MR) is 174 cm³/mol. The van der Waals surface area contributed by atoms with Crippen molar-refractivity contribution in [1.29, 1.82) is 0 Å². The topological polar surface area (TPSA) is 73.8 Å². The number of nitrogens with zero attached hydrogens (tertiary/aromatic N) is 5. The van der Waals surface area contributed by atoms with Crippen LogP contribution in [-0.4, -0.2) is 79.7 Å². The molecule has 0 radical (unpaired) electrons. The number of anilines is 2. The second-order valence-electron chi connectivity index (χ2n) is 10.5. The third-order valence-electron chi connectivity index (χ3n) is 7.64. The summed E-state index contributed by atoms with van der Waals surface area (Å²) in [6.07, 6.45) is 2.03. The van der Waals surface area contributed by atoms with Gasteiger partial charge < -0.3 is 24.8 Å². The number of amides is 1. The van der Waals surface area contributed by atoms with Gasteiger partial charge in [-0.15, -0.1) is 0 Å². The first-order valence-electron chi connectivity index (χ1n) is 14.8. The zero-order valence-electron chi connectivity index (χ0n) is 25.2. The Hall–Kier alpha value is -3.01. The van der Waals surface area contributed by atoms with Crippen LogP contribution in [0.15, 0.2) is 59.8 Å². The molecule has 42 heavy (non-hydrogen) atoms. The van der Waals surface area contributed by atoms with E-state index in [2.05, 4.69) is 57.9 Å². The van der Waals surface area contributed by atoms with E-state index < -0.39 is 0 Å². The van der Waals surface area contributed by atoms with Gasteiger partial charge in [0.25, 0.3) is 5.91 Å². The minimum absolute atomic E-state index is 0.0349. The molecule has 0 bridgehead atoms. The van der Waals surface area contributed by atoms with Crippen LogP contribution in [0, 0.1) is 0 Å². The molecule has 1 fully saturated rings. The number of halogens is 1. The molecule has 1 amide bonds. The van der Waals surface area contributed by atoms with Crippen molar-refractivity contribution in [2.75, 3.05) is 62.7 Å². The molecule has 0 aliphatic carbocycles. The van der Waals surface area contributed by atoms with Crippen molar-refractivity contribution in [1.82, 2.24) is 20.2 Å². The van der Waals surface area contributed by atoms with E-state index in [0.29, 0.717) is 21.6 Å². The van der Waals surface area contributed by atoms with Gasteiger partial charge in [0.15, 0.2) is 5.16 Å². The van der Waals surface area contributed by atoms with Gasteiger partial charge in [-0.3, -0.25) is 4.79 Å². The van der Waals surface area contributed by atoms with Gasteiger partial charge in [0.1, 0.15) is 16.7 Å². The number of ether oxygens (including phenoxy) is 1. The van der Waals surface area contributed by atoms with Crippen molar-refractivity contribution in [2.24, 2.45) is 0 Å². The Kier molecular flexibility index (Phi) is 12.2. The maximum atomic E-state index is 12.9. The van der Waals surface area contributed by atoms with Gasteiger partial charge in [-0.05, 0) is 81.4 Å². The van der Waals surface area contributed by atoms with Crippen molar-refractivity contribution < 1.29 is 9.53 Å². The van der Waals surface area contributed by atoms with Crippen LogP contribution in [0.4, 0.5) is 11.5 Å². The summed E-state index contributed by atoms with van der Waals surface area (Å²) in [5.74, 6) is 2.31. The Morgan fingerprint density at radius 3 is 2.45 bits per heavy atom. The number of methoxy groups -OCH3 is 1. The summed E-state index contributed by atoms with van der Waals surface area (Å²) >= 11 is 7.95. The Bertz CT molecular complexity index is 1280. The molecule has 2 heterocycles. The highest BCUT2D eigenvalue weighted by molar-refractivity contribution is 7.98. The van der Waals surface area contributed by atoms with Gasteiger partial charge in [0.2, 0.25) is 0 Å². The highest BCUT2D eigenvalue weighted by atomic mass is 35.5. The molecule has 1 atom stereocenters. The molecule has 8 nitrogen and oxygen atoms in total. The molecule has 0 saturated carbocycles. The van der Waals surface area contributed by atoms with Crippen molar-refractivity contribution in [3.05, 3.63) is 70.9 Å². The highest BCUT2D eigenvalue weighted by Gasteiger charge is 2.20. The molecular formula is C32H43ClN6O2S. The predicted octanol–water partition coefficient (Wildman–Crippen LogP) is 6.00. The Morgan fingerprint density at radius 2 is 1.76 bits per heavy atom. The van der Waals surface area contributed by atoms with Gasteiger partial charge in [0.05, 0.1) is 7.11 Å². The van der Waals surface area contributed by atoms with Crippen molar-refractivity contribution in [3.63, 3.8) is 0 Å². The fourth-order valence-electron chi connectivity index (χ4n) is 5.09. The zero-order valence-corrected chi connectivity index (χ0v) is 26.8. The van der Waals surface area contributed by atoms with E-state index in [1.807, 2.05) is 42.5 Å². The monoisotopic (exact) mass is 610 g/mol. The first-order valence-corrected chi connectivity index (χ1v) is 16.2. The summed E-state index contributed by atoms with van der Waals surface area (Å²) < 4.78 is 5.28. The molecule has 0 spiro atoms. The SMILES string of the molecule is CCN(CC)CCCC(C)NC(=O)c1cccc(CSc2nc(Cl)cc(N3CCN(c4ccc(OC)cc4)CC3)n2)c1. The molecule has 1 aliphatic heterocycles. The largest absolute Gasteiger partial charge is 0.497 e. The Balaban J connectivity index is 1.29. The number of piperazine rings is 1. The van der Waals surface area contributed by atoms with E-state index in [0.717, 1.165) is 75.8 Å². The second kappa shape index (κ2) is 16.0. The van der Waals surface area contributed by atoms with Crippen LogP contribution in [0.1, 0.15) is 49.5 Å². The van der Waals surface area contributed by atoms with E-state index in [1.54, 1.807) is 7.11 Å². The van der Waals surface area contributed by atoms with Gasteiger partial charge in [-0.1, -0.05) is 49.3 Å². The fraction of sp³-hybridized carbons (Fsp3) is 0.469. The normalized spacial score (nSPS) is 14.2. The fourth-order valence-corrected chi connectivity index (χ4v) is 6.11. The number of carbonyl (C=O) groups is 1. The molecule has 10 heteroatoms. The minimum Gasteiger partial charge on any atom is -0.497 e. The number of carbonyl (C=O) groups excluding carboxylic acids is 1. The lowest BCUT2D eigenvalue weighted by atomic mass is 10.1. The number of nitrogens with one attached hydrogen (secondary N) is 1. The van der Waals surface area contributed by atoms with Crippen molar-refractivity contribution >= 4 is 40.8 Å². The molecule has 1 unspecified atom stereocenters. The van der Waals surface area contributed by atoms with Crippen LogP contribution >= 0.6 is 23.4 Å². The number of thioether (sulfide) groups is 1. The molecule has 1 aliphatic rings. The molecule has 2 aromatic carbocycles. The summed E-state index contributed by atoms with van der Waals surface area (Å²) in [5.41, 5.74) is 2.90. The minimum atomic E-state index is -0.0349. The van der Waals surface area contributed by atoms with Crippen LogP contribution in [0.25, 0.3) is 0 Å². The van der Waals surface area contributed by atoms with Gasteiger partial charge in [0, 0.05) is 55.3 Å². The average Bonchev–Trinajstić information content (AvgIpc) is 3.02. The average molecular weight is 611 g/mol. The summed E-state index contributed by atoms with van der Waals surface area (Å²) in [5, 5.41) is 4.22. The van der Waals surface area contributed by atoms with Crippen LogP contribution in [0.5, 0.6) is 5.75 Å². The number of rotatable bonds is 14.